The summed E-state index contributed by atoms with van der Waals surface area (Å²) < 4.78 is 68.4. The molecular formula is C25H27FN6O5S2. The van der Waals surface area contributed by atoms with Crippen molar-refractivity contribution < 1.29 is 26.0 Å². The van der Waals surface area contributed by atoms with Crippen LogP contribution in [0.15, 0.2) is 66.0 Å². The van der Waals surface area contributed by atoms with E-state index in [1.807, 2.05) is 10.6 Å². The number of nitriles is 1. The summed E-state index contributed by atoms with van der Waals surface area (Å²) in [7, 11) is -7.89. The largest absolute Gasteiger partial charge is 0.354 e. The predicted octanol–water partition coefficient (Wildman–Crippen LogP) is 0.936. The predicted molar refractivity (Wildman–Crippen MR) is 140 cm³/mol. The lowest BCUT2D eigenvalue weighted by Gasteiger charge is -2.38. The highest BCUT2D eigenvalue weighted by Gasteiger charge is 2.41. The van der Waals surface area contributed by atoms with Gasteiger partial charge in [0.25, 0.3) is 0 Å². The third-order valence-corrected chi connectivity index (χ3v) is 9.52. The summed E-state index contributed by atoms with van der Waals surface area (Å²) >= 11 is 0. The lowest BCUT2D eigenvalue weighted by Crippen LogP contribution is -2.61. The van der Waals surface area contributed by atoms with Gasteiger partial charge in [0.2, 0.25) is 26.0 Å². The number of carbonyl (C=O) groups is 1. The van der Waals surface area contributed by atoms with Crippen LogP contribution in [-0.4, -0.2) is 79.4 Å². The molecule has 1 aromatic heterocycles. The first kappa shape index (κ1) is 28.4. The maximum absolute atomic E-state index is 13.2. The van der Waals surface area contributed by atoms with Gasteiger partial charge in [-0.1, -0.05) is 18.2 Å². The smallest absolute Gasteiger partial charge is 0.243 e. The van der Waals surface area contributed by atoms with E-state index in [1.165, 1.54) is 36.4 Å². The second kappa shape index (κ2) is 11.6. The number of rotatable bonds is 9. The molecular weight excluding hydrogens is 547 g/mol. The Morgan fingerprint density at radius 1 is 1.15 bits per heavy atom. The van der Waals surface area contributed by atoms with Crippen LogP contribution >= 0.6 is 0 Å². The Morgan fingerprint density at radius 3 is 2.59 bits per heavy atom. The Hall–Kier alpha value is -3.64. The molecule has 1 aliphatic rings. The van der Waals surface area contributed by atoms with E-state index in [1.54, 1.807) is 24.7 Å². The zero-order chi connectivity index (χ0) is 28.2. The summed E-state index contributed by atoms with van der Waals surface area (Å²) in [5.74, 6) is -0.962. The number of piperazine rings is 1. The van der Waals surface area contributed by atoms with Gasteiger partial charge in [0.1, 0.15) is 11.9 Å². The maximum Gasteiger partial charge on any atom is 0.243 e. The molecule has 1 amide bonds. The molecule has 2 heterocycles. The lowest BCUT2D eigenvalue weighted by atomic mass is 10.2. The normalized spacial score (nSPS) is 17.0. The summed E-state index contributed by atoms with van der Waals surface area (Å²) in [4.78, 5) is 17.2. The van der Waals surface area contributed by atoms with Gasteiger partial charge < -0.3 is 9.88 Å². The fourth-order valence-electron chi connectivity index (χ4n) is 4.36. The van der Waals surface area contributed by atoms with E-state index in [0.717, 1.165) is 26.1 Å². The van der Waals surface area contributed by atoms with E-state index >= 15 is 0 Å². The van der Waals surface area contributed by atoms with Crippen LogP contribution in [0.4, 0.5) is 4.39 Å². The second-order valence-electron chi connectivity index (χ2n) is 9.07. The standard InChI is InChI=1S/C25H27FN6O5S2/c1-38(34,35)32-12-11-31(39(36,37)23-4-2-3-20(13-23)14-27)17-24(32)25(33)29-10-9-22-15-28-18-30(22)16-19-5-7-21(26)8-6-19/h2-8,13,15,18,24H,9-12,16-17H2,1H3,(H,29,33). The number of nitrogens with zero attached hydrogens (tertiary/aromatic N) is 5. The van der Waals surface area contributed by atoms with Crippen molar-refractivity contribution in [2.45, 2.75) is 23.9 Å². The molecule has 1 N–H and O–H groups in total. The van der Waals surface area contributed by atoms with Crippen molar-refractivity contribution in [2.24, 2.45) is 0 Å². The Bertz CT molecular complexity index is 1600. The van der Waals surface area contributed by atoms with Gasteiger partial charge in [-0.25, -0.2) is 26.2 Å². The molecule has 206 valence electrons. The quantitative estimate of drug-likeness (QED) is 0.400. The third kappa shape index (κ3) is 6.69. The molecule has 2 aromatic carbocycles. The molecule has 1 unspecified atom stereocenters. The van der Waals surface area contributed by atoms with Gasteiger partial charge in [0.15, 0.2) is 0 Å². The van der Waals surface area contributed by atoms with E-state index in [9.17, 15) is 26.0 Å². The average molecular weight is 575 g/mol. The van der Waals surface area contributed by atoms with Crippen LogP contribution in [0.1, 0.15) is 16.8 Å². The number of amides is 1. The van der Waals surface area contributed by atoms with E-state index in [2.05, 4.69) is 10.3 Å². The molecule has 3 aromatic rings. The van der Waals surface area contributed by atoms with Crippen LogP contribution in [-0.2, 0) is 37.8 Å². The van der Waals surface area contributed by atoms with Gasteiger partial charge in [-0.3, -0.25) is 4.79 Å². The minimum absolute atomic E-state index is 0.108. The van der Waals surface area contributed by atoms with Crippen LogP contribution in [0.2, 0.25) is 0 Å². The average Bonchev–Trinajstić information content (AvgIpc) is 3.35. The fourth-order valence-corrected chi connectivity index (χ4v) is 6.88. The molecule has 14 heteroatoms. The topological polar surface area (TPSA) is 145 Å². The highest BCUT2D eigenvalue weighted by Crippen LogP contribution is 2.22. The van der Waals surface area contributed by atoms with Crippen LogP contribution in [0.5, 0.6) is 0 Å². The van der Waals surface area contributed by atoms with Crippen LogP contribution < -0.4 is 5.32 Å². The van der Waals surface area contributed by atoms with Crippen LogP contribution in [0, 0.1) is 17.1 Å². The molecule has 11 nitrogen and oxygen atoms in total. The van der Waals surface area contributed by atoms with Crippen molar-refractivity contribution in [1.82, 2.24) is 23.5 Å². The number of benzene rings is 2. The van der Waals surface area contributed by atoms with Gasteiger partial charge >= 0.3 is 0 Å². The van der Waals surface area contributed by atoms with Gasteiger partial charge in [0, 0.05) is 51.0 Å². The van der Waals surface area contributed by atoms with Crippen molar-refractivity contribution in [2.75, 3.05) is 32.4 Å². The summed E-state index contributed by atoms with van der Waals surface area (Å²) in [5, 5.41) is 11.8. The zero-order valence-electron chi connectivity index (χ0n) is 21.1. The Kier molecular flexibility index (Phi) is 8.45. The maximum atomic E-state index is 13.2. The monoisotopic (exact) mass is 574 g/mol. The van der Waals surface area contributed by atoms with E-state index in [4.69, 9.17) is 5.26 Å². The second-order valence-corrected chi connectivity index (χ2v) is 12.9. The van der Waals surface area contributed by atoms with Gasteiger partial charge in [0.05, 0.1) is 29.1 Å². The Balaban J connectivity index is 1.45. The van der Waals surface area contributed by atoms with E-state index < -0.39 is 32.0 Å². The number of sulfonamides is 2. The molecule has 1 aliphatic heterocycles. The van der Waals surface area contributed by atoms with Crippen molar-refractivity contribution >= 4 is 26.0 Å². The summed E-state index contributed by atoms with van der Waals surface area (Å²) in [6, 6.07) is 12.2. The number of carbonyl (C=O) groups excluding carboxylic acids is 1. The first-order valence-electron chi connectivity index (χ1n) is 12.0. The molecule has 1 fully saturated rings. The summed E-state index contributed by atoms with van der Waals surface area (Å²) in [5.41, 5.74) is 1.83. The van der Waals surface area contributed by atoms with E-state index in [0.29, 0.717) is 13.0 Å². The van der Waals surface area contributed by atoms with Gasteiger partial charge in [-0.2, -0.15) is 13.9 Å². The molecule has 0 spiro atoms. The highest BCUT2D eigenvalue weighted by molar-refractivity contribution is 7.89. The van der Waals surface area contributed by atoms with Crippen LogP contribution in [0.3, 0.4) is 0 Å². The third-order valence-electron chi connectivity index (χ3n) is 6.37. The Labute approximate surface area is 226 Å². The first-order valence-corrected chi connectivity index (χ1v) is 15.3. The number of hydrogen-bond acceptors (Lipinski definition) is 7. The minimum atomic E-state index is -4.08. The Morgan fingerprint density at radius 2 is 1.90 bits per heavy atom. The number of aromatic nitrogens is 2. The zero-order valence-corrected chi connectivity index (χ0v) is 22.7. The van der Waals surface area contributed by atoms with Gasteiger partial charge in [-0.15, -0.1) is 0 Å². The molecule has 0 aliphatic carbocycles. The van der Waals surface area contributed by atoms with Crippen molar-refractivity contribution in [3.8, 4) is 6.07 Å². The molecule has 0 radical (unpaired) electrons. The molecule has 4 rings (SSSR count). The number of imidazole rings is 1. The molecule has 1 saturated heterocycles. The highest BCUT2D eigenvalue weighted by atomic mass is 32.2. The first-order chi connectivity index (χ1) is 18.5. The van der Waals surface area contributed by atoms with Crippen molar-refractivity contribution in [1.29, 1.82) is 5.26 Å². The molecule has 39 heavy (non-hydrogen) atoms. The number of hydrogen-bond donors (Lipinski definition) is 1. The minimum Gasteiger partial charge on any atom is -0.354 e. The van der Waals surface area contributed by atoms with Gasteiger partial charge in [-0.05, 0) is 35.9 Å². The van der Waals surface area contributed by atoms with E-state index in [-0.39, 0.29) is 42.5 Å². The molecule has 0 saturated carbocycles. The summed E-state index contributed by atoms with van der Waals surface area (Å²) in [6.45, 7) is -0.107. The fraction of sp³-hybridized carbons (Fsp3) is 0.320. The summed E-state index contributed by atoms with van der Waals surface area (Å²) in [6.07, 6.45) is 4.61. The number of nitrogens with one attached hydrogen (secondary N) is 1. The number of halogens is 1. The molecule has 1 atom stereocenters. The SMILES string of the molecule is CS(=O)(=O)N1CCN(S(=O)(=O)c2cccc(C#N)c2)CC1C(=O)NCCc1cncn1Cc1ccc(F)cc1. The molecule has 0 bridgehead atoms. The lowest BCUT2D eigenvalue weighted by molar-refractivity contribution is -0.125. The van der Waals surface area contributed by atoms with Crippen molar-refractivity contribution in [3.63, 3.8) is 0 Å². The van der Waals surface area contributed by atoms with Crippen LogP contribution in [0.25, 0.3) is 0 Å². The van der Waals surface area contributed by atoms with Crippen molar-refractivity contribution in [3.05, 3.63) is 83.7 Å².